The zero-order valence-corrected chi connectivity index (χ0v) is 13.1. The van der Waals surface area contributed by atoms with E-state index in [1.54, 1.807) is 12.1 Å². The van der Waals surface area contributed by atoms with E-state index < -0.39 is 0 Å². The van der Waals surface area contributed by atoms with Gasteiger partial charge in [-0.2, -0.15) is 14.9 Å². The number of aromatic amines is 1. The Bertz CT molecular complexity index is 951. The predicted molar refractivity (Wildman–Crippen MR) is 87.2 cm³/mol. The van der Waals surface area contributed by atoms with Crippen molar-refractivity contribution in [1.29, 1.82) is 5.26 Å². The number of hydrogen-bond donors (Lipinski definition) is 1. The number of fused-ring (bicyclic) bond motifs is 1. The van der Waals surface area contributed by atoms with Crippen molar-refractivity contribution < 1.29 is 14.0 Å². The summed E-state index contributed by atoms with van der Waals surface area (Å²) in [6.45, 7) is 2.01. The largest absolute Gasteiger partial charge is 0.373 e. The molecule has 3 rings (SSSR count). The Balaban J connectivity index is 0.000000647. The highest BCUT2D eigenvalue weighted by molar-refractivity contribution is 5.90. The van der Waals surface area contributed by atoms with Gasteiger partial charge in [0.15, 0.2) is 0 Å². The monoisotopic (exact) mass is 323 g/mol. The predicted octanol–water partition coefficient (Wildman–Crippen LogP) is 3.67. The van der Waals surface area contributed by atoms with Crippen molar-refractivity contribution in [3.8, 4) is 6.07 Å². The van der Waals surface area contributed by atoms with Gasteiger partial charge in [-0.15, -0.1) is 0 Å². The Morgan fingerprint density at radius 1 is 1.17 bits per heavy atom. The van der Waals surface area contributed by atoms with Crippen LogP contribution in [0, 0.1) is 24.1 Å². The lowest BCUT2D eigenvalue weighted by Gasteiger charge is -2.18. The van der Waals surface area contributed by atoms with Gasteiger partial charge in [0.2, 0.25) is 0 Å². The molecule has 0 radical (unpaired) electrons. The minimum absolute atomic E-state index is 0.250. The lowest BCUT2D eigenvalue weighted by Crippen LogP contribution is -2.11. The van der Waals surface area contributed by atoms with Crippen LogP contribution < -0.4 is 4.90 Å². The lowest BCUT2D eigenvalue weighted by molar-refractivity contribution is -0.191. The lowest BCUT2D eigenvalue weighted by atomic mass is 10.1. The maximum atomic E-state index is 13.4. The van der Waals surface area contributed by atoms with Crippen molar-refractivity contribution in [3.05, 3.63) is 59.4 Å². The fraction of sp³-hybridized carbons (Fsp3) is 0.111. The summed E-state index contributed by atoms with van der Waals surface area (Å²) in [5.74, 6) is 0.630. The Labute approximate surface area is 137 Å². The van der Waals surface area contributed by atoms with Crippen LogP contribution in [0.15, 0.2) is 42.5 Å². The van der Waals surface area contributed by atoms with Crippen LogP contribution in [-0.2, 0) is 9.59 Å². The number of aromatic nitrogens is 1. The minimum Gasteiger partial charge on any atom is -0.341 e. The second-order valence-electron chi connectivity index (χ2n) is 5.09. The van der Waals surface area contributed by atoms with Gasteiger partial charge >= 0.3 is 6.15 Å². The molecule has 0 bridgehead atoms. The standard InChI is InChI=1S/C17H14FN3.CO2/c1-11-15-7-6-12(10-19)8-16(15)20-17(11)21(2)14-5-3-4-13(18)9-14;2-1-3/h3-9,20H,1-2H3;. The first-order chi connectivity index (χ1) is 11.5. The third-order valence-electron chi connectivity index (χ3n) is 3.69. The number of nitrogens with zero attached hydrogens (tertiary/aromatic N) is 2. The molecule has 1 heterocycles. The number of anilines is 2. The van der Waals surface area contributed by atoms with Gasteiger partial charge < -0.3 is 9.88 Å². The van der Waals surface area contributed by atoms with Gasteiger partial charge in [-0.25, -0.2) is 4.39 Å². The van der Waals surface area contributed by atoms with Crippen LogP contribution in [-0.4, -0.2) is 18.2 Å². The average Bonchev–Trinajstić information content (AvgIpc) is 2.91. The third-order valence-corrected chi connectivity index (χ3v) is 3.69. The minimum atomic E-state index is -0.264. The number of carbonyl (C=O) groups excluding carboxylic acids is 2. The highest BCUT2D eigenvalue weighted by Gasteiger charge is 2.13. The van der Waals surface area contributed by atoms with Crippen molar-refractivity contribution in [2.45, 2.75) is 6.92 Å². The smallest absolute Gasteiger partial charge is 0.341 e. The Morgan fingerprint density at radius 2 is 1.88 bits per heavy atom. The molecular weight excluding hydrogens is 309 g/mol. The molecular formula is C18H14FN3O2. The first-order valence-corrected chi connectivity index (χ1v) is 7.02. The average molecular weight is 323 g/mol. The number of hydrogen-bond acceptors (Lipinski definition) is 4. The molecule has 0 aliphatic rings. The van der Waals surface area contributed by atoms with Gasteiger partial charge in [-0.3, -0.25) is 0 Å². The fourth-order valence-electron chi connectivity index (χ4n) is 2.54. The van der Waals surface area contributed by atoms with Crippen LogP contribution in [0.5, 0.6) is 0 Å². The zero-order chi connectivity index (χ0) is 17.7. The number of nitrogens with one attached hydrogen (secondary N) is 1. The highest BCUT2D eigenvalue weighted by atomic mass is 19.1. The molecule has 0 aliphatic carbocycles. The first-order valence-electron chi connectivity index (χ1n) is 7.02. The maximum absolute atomic E-state index is 13.4. The van der Waals surface area contributed by atoms with Crippen molar-refractivity contribution in [2.75, 3.05) is 11.9 Å². The summed E-state index contributed by atoms with van der Waals surface area (Å²) in [6, 6.07) is 14.2. The SMILES string of the molecule is Cc1c(N(C)c2cccc(F)c2)[nH]c2cc(C#N)ccc12.O=C=O. The van der Waals surface area contributed by atoms with E-state index in [2.05, 4.69) is 11.1 Å². The maximum Gasteiger partial charge on any atom is 0.373 e. The van der Waals surface area contributed by atoms with Gasteiger partial charge in [0, 0.05) is 23.6 Å². The normalized spacial score (nSPS) is 9.58. The van der Waals surface area contributed by atoms with E-state index in [0.29, 0.717) is 5.56 Å². The van der Waals surface area contributed by atoms with Gasteiger partial charge in [0.05, 0.1) is 11.6 Å². The second kappa shape index (κ2) is 7.23. The van der Waals surface area contributed by atoms with Crippen LogP contribution in [0.25, 0.3) is 10.9 Å². The number of aryl methyl sites for hydroxylation is 1. The Hall–Kier alpha value is -3.42. The number of H-pyrrole nitrogens is 1. The molecule has 0 amide bonds. The van der Waals surface area contributed by atoms with Gasteiger partial charge in [-0.1, -0.05) is 12.1 Å². The van der Waals surface area contributed by atoms with E-state index in [1.807, 2.05) is 37.1 Å². The molecule has 0 saturated heterocycles. The highest BCUT2D eigenvalue weighted by Crippen LogP contribution is 2.32. The molecule has 0 unspecified atom stereocenters. The number of benzene rings is 2. The fourth-order valence-corrected chi connectivity index (χ4v) is 2.54. The zero-order valence-electron chi connectivity index (χ0n) is 13.1. The molecule has 1 aromatic heterocycles. The van der Waals surface area contributed by atoms with Gasteiger partial charge in [0.25, 0.3) is 0 Å². The molecule has 0 saturated carbocycles. The summed E-state index contributed by atoms with van der Waals surface area (Å²) in [4.78, 5) is 21.5. The second-order valence-corrected chi connectivity index (χ2v) is 5.09. The molecule has 120 valence electrons. The van der Waals surface area contributed by atoms with Gasteiger partial charge in [0.1, 0.15) is 11.6 Å². The number of halogens is 1. The van der Waals surface area contributed by atoms with E-state index in [0.717, 1.165) is 28.0 Å². The molecule has 6 heteroatoms. The van der Waals surface area contributed by atoms with Crippen molar-refractivity contribution in [3.63, 3.8) is 0 Å². The van der Waals surface area contributed by atoms with E-state index in [9.17, 15) is 4.39 Å². The van der Waals surface area contributed by atoms with E-state index >= 15 is 0 Å². The van der Waals surface area contributed by atoms with Crippen molar-refractivity contribution in [2.24, 2.45) is 0 Å². The number of nitriles is 1. The quantitative estimate of drug-likeness (QED) is 0.780. The van der Waals surface area contributed by atoms with Crippen LogP contribution in [0.2, 0.25) is 0 Å². The van der Waals surface area contributed by atoms with Crippen LogP contribution in [0.1, 0.15) is 11.1 Å². The summed E-state index contributed by atoms with van der Waals surface area (Å²) in [7, 11) is 1.89. The van der Waals surface area contributed by atoms with Gasteiger partial charge in [-0.05, 0) is 42.8 Å². The summed E-state index contributed by atoms with van der Waals surface area (Å²) in [5, 5.41) is 10.0. The summed E-state index contributed by atoms with van der Waals surface area (Å²) in [5.41, 5.74) is 3.36. The summed E-state index contributed by atoms with van der Waals surface area (Å²) in [6.07, 6.45) is 0.250. The van der Waals surface area contributed by atoms with Crippen molar-refractivity contribution in [1.82, 2.24) is 4.98 Å². The molecule has 0 atom stereocenters. The Kier molecular flexibility index (Phi) is 5.10. The van der Waals surface area contributed by atoms with E-state index in [1.165, 1.54) is 12.1 Å². The molecule has 2 aromatic carbocycles. The molecule has 0 aliphatic heterocycles. The van der Waals surface area contributed by atoms with Crippen LogP contribution in [0.3, 0.4) is 0 Å². The van der Waals surface area contributed by atoms with Crippen LogP contribution >= 0.6 is 0 Å². The Morgan fingerprint density at radius 3 is 2.50 bits per heavy atom. The molecule has 0 fully saturated rings. The molecule has 1 N–H and O–H groups in total. The molecule has 3 aromatic rings. The van der Waals surface area contributed by atoms with Crippen molar-refractivity contribution >= 4 is 28.6 Å². The molecule has 0 spiro atoms. The first kappa shape index (κ1) is 16.9. The topological polar surface area (TPSA) is 77.0 Å². The van der Waals surface area contributed by atoms with E-state index in [4.69, 9.17) is 14.9 Å². The number of rotatable bonds is 2. The summed E-state index contributed by atoms with van der Waals surface area (Å²) >= 11 is 0. The van der Waals surface area contributed by atoms with Crippen LogP contribution in [0.4, 0.5) is 15.9 Å². The third kappa shape index (κ3) is 3.32. The molecule has 24 heavy (non-hydrogen) atoms. The molecule has 5 nitrogen and oxygen atoms in total. The van der Waals surface area contributed by atoms with E-state index in [-0.39, 0.29) is 12.0 Å². The summed E-state index contributed by atoms with van der Waals surface area (Å²) < 4.78 is 13.4.